The van der Waals surface area contributed by atoms with Crippen molar-refractivity contribution in [1.82, 2.24) is 5.32 Å². The van der Waals surface area contributed by atoms with Gasteiger partial charge in [-0.15, -0.1) is 0 Å². The molecule has 0 aromatic heterocycles. The lowest BCUT2D eigenvalue weighted by atomic mass is 9.95. The van der Waals surface area contributed by atoms with Crippen molar-refractivity contribution in [1.29, 1.82) is 0 Å². The van der Waals surface area contributed by atoms with Gasteiger partial charge in [-0.05, 0) is 38.8 Å². The van der Waals surface area contributed by atoms with Crippen molar-refractivity contribution in [3.05, 3.63) is 33.9 Å². The van der Waals surface area contributed by atoms with Gasteiger partial charge in [0.25, 0.3) is 11.6 Å². The summed E-state index contributed by atoms with van der Waals surface area (Å²) in [6, 6.07) is 4.50. The first-order chi connectivity index (χ1) is 9.86. The first kappa shape index (κ1) is 16.9. The molecule has 6 heteroatoms. The molecule has 0 aliphatic heterocycles. The average molecular weight is 293 g/mol. The molecule has 0 unspecified atom stereocenters. The van der Waals surface area contributed by atoms with Gasteiger partial charge in [0.15, 0.2) is 0 Å². The molecule has 1 amide bonds. The number of nitro groups is 1. The molecule has 2 N–H and O–H groups in total. The van der Waals surface area contributed by atoms with Crippen molar-refractivity contribution in [2.45, 2.75) is 46.1 Å². The first-order valence-corrected chi connectivity index (χ1v) is 7.21. The molecule has 0 heterocycles. The third-order valence-corrected chi connectivity index (χ3v) is 3.79. The number of rotatable bonds is 7. The van der Waals surface area contributed by atoms with Gasteiger partial charge >= 0.3 is 0 Å². The molecule has 0 aliphatic carbocycles. The van der Waals surface area contributed by atoms with E-state index in [2.05, 4.69) is 10.6 Å². The summed E-state index contributed by atoms with van der Waals surface area (Å²) in [6.45, 7) is 8.50. The fraction of sp³-hybridized carbons (Fsp3) is 0.533. The number of nitro benzene ring substituents is 1. The normalized spacial score (nSPS) is 11.0. The number of hydrogen-bond donors (Lipinski definition) is 2. The Morgan fingerprint density at radius 2 is 1.90 bits per heavy atom. The van der Waals surface area contributed by atoms with Gasteiger partial charge in [-0.3, -0.25) is 14.9 Å². The summed E-state index contributed by atoms with van der Waals surface area (Å²) in [6.07, 6.45) is 1.52. The highest BCUT2D eigenvalue weighted by Crippen LogP contribution is 2.24. The maximum Gasteiger partial charge on any atom is 0.282 e. The number of carbonyl (C=O) groups excluding carboxylic acids is 1. The Bertz CT molecular complexity index is 525. The summed E-state index contributed by atoms with van der Waals surface area (Å²) < 4.78 is 0. The van der Waals surface area contributed by atoms with Crippen LogP contribution in [0, 0.1) is 10.1 Å². The summed E-state index contributed by atoms with van der Waals surface area (Å²) in [4.78, 5) is 23.0. The Kier molecular flexibility index (Phi) is 5.69. The fourth-order valence-corrected chi connectivity index (χ4v) is 1.96. The van der Waals surface area contributed by atoms with E-state index in [0.717, 1.165) is 12.8 Å². The Morgan fingerprint density at radius 1 is 1.29 bits per heavy atom. The van der Waals surface area contributed by atoms with E-state index < -0.39 is 10.8 Å². The van der Waals surface area contributed by atoms with Crippen LogP contribution in [-0.4, -0.2) is 22.9 Å². The van der Waals surface area contributed by atoms with E-state index in [1.54, 1.807) is 6.07 Å². The Labute approximate surface area is 125 Å². The summed E-state index contributed by atoms with van der Waals surface area (Å²) in [5.74, 6) is -0.410. The predicted octanol–water partition coefficient (Wildman–Crippen LogP) is 3.34. The minimum Gasteiger partial charge on any atom is -0.385 e. The zero-order chi connectivity index (χ0) is 16.0. The van der Waals surface area contributed by atoms with Gasteiger partial charge in [0.2, 0.25) is 0 Å². The molecule has 1 aromatic rings. The van der Waals surface area contributed by atoms with Gasteiger partial charge < -0.3 is 10.6 Å². The minimum atomic E-state index is -0.528. The number of amides is 1. The Balaban J connectivity index is 3.16. The van der Waals surface area contributed by atoms with Crippen molar-refractivity contribution in [3.63, 3.8) is 0 Å². The van der Waals surface area contributed by atoms with Crippen molar-refractivity contribution in [3.8, 4) is 0 Å². The number of nitrogens with one attached hydrogen (secondary N) is 2. The van der Waals surface area contributed by atoms with E-state index in [9.17, 15) is 14.9 Å². The van der Waals surface area contributed by atoms with Crippen LogP contribution < -0.4 is 10.6 Å². The first-order valence-electron chi connectivity index (χ1n) is 7.21. The molecule has 0 bridgehead atoms. The highest BCUT2D eigenvalue weighted by atomic mass is 16.6. The van der Waals surface area contributed by atoms with Gasteiger partial charge in [-0.1, -0.05) is 13.8 Å². The Morgan fingerprint density at radius 3 is 2.38 bits per heavy atom. The quantitative estimate of drug-likeness (QED) is 0.596. The largest absolute Gasteiger partial charge is 0.385 e. The lowest BCUT2D eigenvalue weighted by Gasteiger charge is -2.28. The summed E-state index contributed by atoms with van der Waals surface area (Å²) in [5.41, 5.74) is 0.248. The highest BCUT2D eigenvalue weighted by molar-refractivity contribution is 5.99. The van der Waals surface area contributed by atoms with Crippen molar-refractivity contribution in [2.75, 3.05) is 11.9 Å². The standard InChI is InChI=1S/C15H23N3O3/c1-5-15(4,6-2)17-14(19)12-10-11(16-7-3)8-9-13(12)18(20)21/h8-10,16H,5-7H2,1-4H3,(H,17,19). The molecule has 0 spiro atoms. The molecule has 0 radical (unpaired) electrons. The Hall–Kier alpha value is -2.11. The molecule has 0 fully saturated rings. The second kappa shape index (κ2) is 7.06. The minimum absolute atomic E-state index is 0.0894. The van der Waals surface area contributed by atoms with Crippen LogP contribution in [0.4, 0.5) is 11.4 Å². The molecule has 0 aliphatic rings. The van der Waals surface area contributed by atoms with Gasteiger partial charge in [0.05, 0.1) is 4.92 Å². The van der Waals surface area contributed by atoms with Gasteiger partial charge in [0, 0.05) is 23.8 Å². The van der Waals surface area contributed by atoms with Crippen LogP contribution in [0.5, 0.6) is 0 Å². The van der Waals surface area contributed by atoms with Crippen molar-refractivity contribution in [2.24, 2.45) is 0 Å². The third-order valence-electron chi connectivity index (χ3n) is 3.79. The van der Waals surface area contributed by atoms with Crippen LogP contribution in [-0.2, 0) is 0 Å². The second-order valence-corrected chi connectivity index (χ2v) is 5.24. The molecule has 0 saturated heterocycles. The zero-order valence-corrected chi connectivity index (χ0v) is 13.0. The summed E-state index contributed by atoms with van der Waals surface area (Å²) >= 11 is 0. The van der Waals surface area contributed by atoms with Crippen LogP contribution in [0.2, 0.25) is 0 Å². The molecule has 0 atom stereocenters. The van der Waals surface area contributed by atoms with Crippen LogP contribution in [0.3, 0.4) is 0 Å². The van der Waals surface area contributed by atoms with Crippen molar-refractivity contribution < 1.29 is 9.72 Å². The zero-order valence-electron chi connectivity index (χ0n) is 13.0. The number of nitrogens with zero attached hydrogens (tertiary/aromatic N) is 1. The molecular weight excluding hydrogens is 270 g/mol. The molecular formula is C15H23N3O3. The van der Waals surface area contributed by atoms with Crippen molar-refractivity contribution >= 4 is 17.3 Å². The van der Waals surface area contributed by atoms with E-state index in [1.807, 2.05) is 27.7 Å². The molecule has 6 nitrogen and oxygen atoms in total. The number of hydrogen-bond acceptors (Lipinski definition) is 4. The maximum atomic E-state index is 12.4. The smallest absolute Gasteiger partial charge is 0.282 e. The van der Waals surface area contributed by atoms with Crippen LogP contribution >= 0.6 is 0 Å². The van der Waals surface area contributed by atoms with E-state index >= 15 is 0 Å². The fourth-order valence-electron chi connectivity index (χ4n) is 1.96. The van der Waals surface area contributed by atoms with E-state index in [0.29, 0.717) is 12.2 Å². The monoisotopic (exact) mass is 293 g/mol. The van der Waals surface area contributed by atoms with Crippen LogP contribution in [0.1, 0.15) is 50.9 Å². The highest BCUT2D eigenvalue weighted by Gasteiger charge is 2.27. The lowest BCUT2D eigenvalue weighted by Crippen LogP contribution is -2.45. The van der Waals surface area contributed by atoms with E-state index in [1.165, 1.54) is 12.1 Å². The third kappa shape index (κ3) is 4.18. The van der Waals surface area contributed by atoms with E-state index in [-0.39, 0.29) is 16.8 Å². The lowest BCUT2D eigenvalue weighted by molar-refractivity contribution is -0.385. The summed E-state index contributed by atoms with van der Waals surface area (Å²) in [7, 11) is 0. The molecule has 116 valence electrons. The average Bonchev–Trinajstić information content (AvgIpc) is 2.47. The SMILES string of the molecule is CCNc1ccc([N+](=O)[O-])c(C(=O)NC(C)(CC)CC)c1. The maximum absolute atomic E-state index is 12.4. The second-order valence-electron chi connectivity index (χ2n) is 5.24. The van der Waals surface area contributed by atoms with Crippen LogP contribution in [0.15, 0.2) is 18.2 Å². The number of anilines is 1. The van der Waals surface area contributed by atoms with E-state index in [4.69, 9.17) is 0 Å². The van der Waals surface area contributed by atoms with Gasteiger partial charge in [-0.25, -0.2) is 0 Å². The van der Waals surface area contributed by atoms with Gasteiger partial charge in [0.1, 0.15) is 5.56 Å². The number of benzene rings is 1. The molecule has 21 heavy (non-hydrogen) atoms. The summed E-state index contributed by atoms with van der Waals surface area (Å²) in [5, 5.41) is 17.1. The molecule has 1 aromatic carbocycles. The topological polar surface area (TPSA) is 84.3 Å². The van der Waals surface area contributed by atoms with Crippen LogP contribution in [0.25, 0.3) is 0 Å². The molecule has 1 rings (SSSR count). The predicted molar refractivity (Wildman–Crippen MR) is 83.7 cm³/mol. The molecule has 0 saturated carbocycles. The number of carbonyl (C=O) groups is 1. The van der Waals surface area contributed by atoms with Gasteiger partial charge in [-0.2, -0.15) is 0 Å².